The number of carbonyl (C=O) groups is 2. The monoisotopic (exact) mass is 489 g/mol. The van der Waals surface area contributed by atoms with E-state index in [1.54, 1.807) is 0 Å². The number of amides is 2. The smallest absolute Gasteiger partial charge is 0.240 e. The lowest BCUT2D eigenvalue weighted by atomic mass is 10.2. The summed E-state index contributed by atoms with van der Waals surface area (Å²) >= 11 is 0. The van der Waals surface area contributed by atoms with Gasteiger partial charge in [-0.25, -0.2) is 4.98 Å². The van der Waals surface area contributed by atoms with Gasteiger partial charge in [0.15, 0.2) is 0 Å². The number of fused-ring (bicyclic) bond motifs is 1. The number of hydrogen-bond donors (Lipinski definition) is 1. The number of ether oxygens (including phenoxy) is 1. The Balaban J connectivity index is 1.14. The minimum absolute atomic E-state index is 0.0699. The molecule has 5 rings (SSSR count). The molecule has 2 amide bonds. The lowest BCUT2D eigenvalue weighted by molar-refractivity contribution is -0.134. The molecule has 1 saturated carbocycles. The lowest BCUT2D eigenvalue weighted by Crippen LogP contribution is -2.45. The molecule has 3 aromatic rings. The highest BCUT2D eigenvalue weighted by molar-refractivity contribution is 5.81. The molecule has 1 aliphatic carbocycles. The average Bonchev–Trinajstić information content (AvgIpc) is 3.70. The van der Waals surface area contributed by atoms with E-state index in [4.69, 9.17) is 4.74 Å². The molecular formula is C28H35N5O3. The highest BCUT2D eigenvalue weighted by atomic mass is 16.5. The Morgan fingerprint density at radius 3 is 2.67 bits per heavy atom. The maximum absolute atomic E-state index is 13.3. The maximum Gasteiger partial charge on any atom is 0.240 e. The molecular weight excluding hydrogens is 454 g/mol. The van der Waals surface area contributed by atoms with Crippen LogP contribution >= 0.6 is 0 Å². The number of para-hydroxylation sites is 2. The zero-order chi connectivity index (χ0) is 24.9. The van der Waals surface area contributed by atoms with Gasteiger partial charge in [0.2, 0.25) is 11.8 Å². The lowest BCUT2D eigenvalue weighted by Gasteiger charge is -2.28. The van der Waals surface area contributed by atoms with E-state index in [2.05, 4.69) is 27.3 Å². The average molecular weight is 490 g/mol. The Bertz CT molecular complexity index is 1190. The highest BCUT2D eigenvalue weighted by Crippen LogP contribution is 2.28. The van der Waals surface area contributed by atoms with Crippen molar-refractivity contribution in [1.82, 2.24) is 24.7 Å². The van der Waals surface area contributed by atoms with Crippen molar-refractivity contribution < 1.29 is 14.3 Å². The summed E-state index contributed by atoms with van der Waals surface area (Å²) in [6.07, 6.45) is 2.90. The zero-order valence-electron chi connectivity index (χ0n) is 20.9. The van der Waals surface area contributed by atoms with Crippen LogP contribution in [-0.2, 0) is 27.4 Å². The second-order valence-electron chi connectivity index (χ2n) is 9.86. The first-order valence-corrected chi connectivity index (χ1v) is 12.9. The Hall–Kier alpha value is -3.23. The molecule has 2 aromatic carbocycles. The molecule has 8 heteroatoms. The van der Waals surface area contributed by atoms with Crippen molar-refractivity contribution in [3.05, 3.63) is 66.0 Å². The third-order valence-corrected chi connectivity index (χ3v) is 6.97. The van der Waals surface area contributed by atoms with Gasteiger partial charge < -0.3 is 19.5 Å². The van der Waals surface area contributed by atoms with Crippen molar-refractivity contribution in [3.63, 3.8) is 0 Å². The van der Waals surface area contributed by atoms with Crippen LogP contribution in [0.4, 0.5) is 0 Å². The Labute approximate surface area is 212 Å². The number of aromatic nitrogens is 2. The number of nitrogens with zero attached hydrogens (tertiary/aromatic N) is 4. The molecule has 0 radical (unpaired) electrons. The normalized spacial score (nSPS) is 18.6. The van der Waals surface area contributed by atoms with E-state index in [0.29, 0.717) is 38.8 Å². The quantitative estimate of drug-likeness (QED) is 0.500. The summed E-state index contributed by atoms with van der Waals surface area (Å²) in [5.41, 5.74) is 3.01. The van der Waals surface area contributed by atoms with Crippen molar-refractivity contribution >= 4 is 22.8 Å². The molecule has 1 aromatic heterocycles. The van der Waals surface area contributed by atoms with E-state index < -0.39 is 0 Å². The van der Waals surface area contributed by atoms with Crippen molar-refractivity contribution in [1.29, 1.82) is 0 Å². The summed E-state index contributed by atoms with van der Waals surface area (Å²) in [5, 5.41) is 3.03. The number of nitrogens with one attached hydrogen (secondary N) is 1. The van der Waals surface area contributed by atoms with Crippen molar-refractivity contribution in [2.24, 2.45) is 0 Å². The standard InChI is InChI=1S/C28H35N5O3/c1-21-30-25-10-5-6-11-26(25)32(21)19-27(34)29-16-24-18-31(14-7-15-36-24)20-28(35)33(23-12-13-23)17-22-8-3-2-4-9-22/h2-6,8-11,23-24H,7,12-20H2,1H3,(H,29,34). The first-order valence-electron chi connectivity index (χ1n) is 12.9. The minimum Gasteiger partial charge on any atom is -0.375 e. The summed E-state index contributed by atoms with van der Waals surface area (Å²) in [5.74, 6) is 0.922. The molecule has 2 heterocycles. The molecule has 2 aliphatic rings. The first kappa shape index (κ1) is 24.5. The predicted molar refractivity (Wildman–Crippen MR) is 138 cm³/mol. The fraction of sp³-hybridized carbons (Fsp3) is 0.464. The van der Waals surface area contributed by atoms with E-state index in [-0.39, 0.29) is 24.5 Å². The van der Waals surface area contributed by atoms with E-state index in [1.165, 1.54) is 5.56 Å². The summed E-state index contributed by atoms with van der Waals surface area (Å²) < 4.78 is 7.94. The van der Waals surface area contributed by atoms with Gasteiger partial charge in [-0.3, -0.25) is 14.5 Å². The van der Waals surface area contributed by atoms with E-state index >= 15 is 0 Å². The van der Waals surface area contributed by atoms with Crippen LogP contribution < -0.4 is 5.32 Å². The molecule has 190 valence electrons. The van der Waals surface area contributed by atoms with Crippen LogP contribution in [0, 0.1) is 6.92 Å². The topological polar surface area (TPSA) is 79.7 Å². The van der Waals surface area contributed by atoms with Crippen LogP contribution in [-0.4, -0.2) is 76.1 Å². The molecule has 1 aliphatic heterocycles. The van der Waals surface area contributed by atoms with Gasteiger partial charge in [0.25, 0.3) is 0 Å². The van der Waals surface area contributed by atoms with Crippen LogP contribution in [0.2, 0.25) is 0 Å². The second-order valence-corrected chi connectivity index (χ2v) is 9.86. The molecule has 0 bridgehead atoms. The van der Waals surface area contributed by atoms with Gasteiger partial charge in [-0.1, -0.05) is 42.5 Å². The zero-order valence-corrected chi connectivity index (χ0v) is 20.9. The van der Waals surface area contributed by atoms with E-state index in [1.807, 2.05) is 58.9 Å². The van der Waals surface area contributed by atoms with Crippen molar-refractivity contribution in [2.75, 3.05) is 32.8 Å². The number of carbonyl (C=O) groups excluding carboxylic acids is 2. The largest absolute Gasteiger partial charge is 0.375 e. The molecule has 1 N–H and O–H groups in total. The Morgan fingerprint density at radius 2 is 1.86 bits per heavy atom. The molecule has 36 heavy (non-hydrogen) atoms. The fourth-order valence-corrected chi connectivity index (χ4v) is 4.93. The second kappa shape index (κ2) is 11.2. The number of benzene rings is 2. The van der Waals surface area contributed by atoms with Crippen LogP contribution in [0.15, 0.2) is 54.6 Å². The Kier molecular flexibility index (Phi) is 7.63. The minimum atomic E-state index is -0.145. The highest BCUT2D eigenvalue weighted by Gasteiger charge is 2.33. The van der Waals surface area contributed by atoms with E-state index in [9.17, 15) is 9.59 Å². The maximum atomic E-state index is 13.3. The Morgan fingerprint density at radius 1 is 1.08 bits per heavy atom. The van der Waals surface area contributed by atoms with Crippen LogP contribution in [0.5, 0.6) is 0 Å². The summed E-state index contributed by atoms with van der Waals surface area (Å²) in [6.45, 7) is 5.69. The molecule has 1 saturated heterocycles. The van der Waals surface area contributed by atoms with Crippen molar-refractivity contribution in [3.8, 4) is 0 Å². The van der Waals surface area contributed by atoms with E-state index in [0.717, 1.165) is 42.7 Å². The molecule has 2 fully saturated rings. The molecule has 0 spiro atoms. The molecule has 1 unspecified atom stereocenters. The summed E-state index contributed by atoms with van der Waals surface area (Å²) in [6, 6.07) is 18.4. The fourth-order valence-electron chi connectivity index (χ4n) is 4.93. The van der Waals surface area contributed by atoms with Crippen LogP contribution in [0.1, 0.15) is 30.7 Å². The van der Waals surface area contributed by atoms with Gasteiger partial charge >= 0.3 is 0 Å². The van der Waals surface area contributed by atoms with Gasteiger partial charge in [-0.2, -0.15) is 0 Å². The van der Waals surface area contributed by atoms with Crippen LogP contribution in [0.25, 0.3) is 11.0 Å². The predicted octanol–water partition coefficient (Wildman–Crippen LogP) is 2.74. The van der Waals surface area contributed by atoms with Gasteiger partial charge in [0.05, 0.1) is 23.7 Å². The van der Waals surface area contributed by atoms with Crippen LogP contribution in [0.3, 0.4) is 0 Å². The number of imidazole rings is 1. The third kappa shape index (κ3) is 6.12. The molecule has 8 nitrogen and oxygen atoms in total. The number of aryl methyl sites for hydroxylation is 1. The van der Waals surface area contributed by atoms with Gasteiger partial charge in [0, 0.05) is 38.8 Å². The third-order valence-electron chi connectivity index (χ3n) is 6.97. The summed E-state index contributed by atoms with van der Waals surface area (Å²) in [4.78, 5) is 34.8. The van der Waals surface area contributed by atoms with Gasteiger partial charge in [-0.05, 0) is 43.9 Å². The number of hydrogen-bond acceptors (Lipinski definition) is 5. The van der Waals surface area contributed by atoms with Crippen molar-refractivity contribution in [2.45, 2.75) is 51.4 Å². The summed E-state index contributed by atoms with van der Waals surface area (Å²) in [7, 11) is 0. The SMILES string of the molecule is Cc1nc2ccccc2n1CC(=O)NCC1CN(CC(=O)N(Cc2ccccc2)C2CC2)CCCO1. The molecule has 1 atom stereocenters. The van der Waals surface area contributed by atoms with Gasteiger partial charge in [-0.15, -0.1) is 0 Å². The van der Waals surface area contributed by atoms with Gasteiger partial charge in [0.1, 0.15) is 12.4 Å². The first-order chi connectivity index (χ1) is 17.6. The number of rotatable bonds is 9.